The Bertz CT molecular complexity index is 750. The maximum absolute atomic E-state index is 12.2. The van der Waals surface area contributed by atoms with Crippen LogP contribution in [0.5, 0.6) is 0 Å². The van der Waals surface area contributed by atoms with E-state index in [9.17, 15) is 9.59 Å². The molecular formula is C18H19N3O2. The Labute approximate surface area is 135 Å². The highest BCUT2D eigenvalue weighted by molar-refractivity contribution is 6.06. The molecule has 0 saturated carbocycles. The van der Waals surface area contributed by atoms with Crippen LogP contribution in [0.3, 0.4) is 0 Å². The lowest BCUT2D eigenvalue weighted by Gasteiger charge is -2.26. The van der Waals surface area contributed by atoms with Crippen molar-refractivity contribution in [2.75, 3.05) is 16.0 Å². The fourth-order valence-corrected chi connectivity index (χ4v) is 2.78. The van der Waals surface area contributed by atoms with Crippen LogP contribution in [0.2, 0.25) is 0 Å². The molecule has 0 unspecified atom stereocenters. The molecular weight excluding hydrogens is 290 g/mol. The summed E-state index contributed by atoms with van der Waals surface area (Å²) in [6.07, 6.45) is 0.0765. The molecule has 1 heterocycles. The fourth-order valence-electron chi connectivity index (χ4n) is 2.78. The van der Waals surface area contributed by atoms with Gasteiger partial charge in [-0.25, -0.2) is 0 Å². The van der Waals surface area contributed by atoms with Crippen molar-refractivity contribution >= 4 is 28.9 Å². The summed E-state index contributed by atoms with van der Waals surface area (Å²) in [5.41, 5.74) is 4.49. The highest BCUT2D eigenvalue weighted by Gasteiger charge is 2.27. The van der Waals surface area contributed by atoms with Crippen LogP contribution in [0.15, 0.2) is 42.5 Å². The Balaban J connectivity index is 1.67. The zero-order chi connectivity index (χ0) is 16.4. The zero-order valence-electron chi connectivity index (χ0n) is 13.1. The molecule has 118 valence electrons. The molecule has 1 aliphatic heterocycles. The molecule has 3 N–H and O–H groups in total. The van der Waals surface area contributed by atoms with E-state index in [1.165, 1.54) is 0 Å². The minimum absolute atomic E-state index is 0.0765. The van der Waals surface area contributed by atoms with E-state index in [4.69, 9.17) is 0 Å². The van der Waals surface area contributed by atoms with Crippen molar-refractivity contribution in [1.29, 1.82) is 0 Å². The van der Waals surface area contributed by atoms with E-state index < -0.39 is 6.04 Å². The van der Waals surface area contributed by atoms with Gasteiger partial charge >= 0.3 is 0 Å². The van der Waals surface area contributed by atoms with Crippen molar-refractivity contribution in [2.45, 2.75) is 26.3 Å². The first-order valence-corrected chi connectivity index (χ1v) is 7.56. The van der Waals surface area contributed by atoms with E-state index >= 15 is 0 Å². The largest absolute Gasteiger partial charge is 0.372 e. The SMILES string of the molecule is Cc1cc(C)cc(NC(=O)C[C@H]2Nc3ccccc3NC2=O)c1. The number of hydrogen-bond acceptors (Lipinski definition) is 3. The Hall–Kier alpha value is -2.82. The highest BCUT2D eigenvalue weighted by Crippen LogP contribution is 2.26. The van der Waals surface area contributed by atoms with Crippen molar-refractivity contribution < 1.29 is 9.59 Å². The average molecular weight is 309 g/mol. The number of hydrogen-bond donors (Lipinski definition) is 3. The van der Waals surface area contributed by atoms with Gasteiger partial charge in [-0.05, 0) is 49.2 Å². The minimum Gasteiger partial charge on any atom is -0.372 e. The molecule has 2 aromatic rings. The molecule has 2 aromatic carbocycles. The molecule has 0 radical (unpaired) electrons. The van der Waals surface area contributed by atoms with Crippen LogP contribution in [0.1, 0.15) is 17.5 Å². The van der Waals surface area contributed by atoms with Gasteiger partial charge in [0.25, 0.3) is 0 Å². The first-order valence-electron chi connectivity index (χ1n) is 7.56. The number of fused-ring (bicyclic) bond motifs is 1. The van der Waals surface area contributed by atoms with Crippen LogP contribution in [0, 0.1) is 13.8 Å². The predicted octanol–water partition coefficient (Wildman–Crippen LogP) is 3.06. The Morgan fingerprint density at radius 2 is 1.74 bits per heavy atom. The molecule has 0 aromatic heterocycles. The van der Waals surface area contributed by atoms with Crippen LogP contribution in [-0.2, 0) is 9.59 Å². The molecule has 3 rings (SSSR count). The summed E-state index contributed by atoms with van der Waals surface area (Å²) >= 11 is 0. The Morgan fingerprint density at radius 1 is 1.09 bits per heavy atom. The molecule has 0 fully saturated rings. The van der Waals surface area contributed by atoms with E-state index in [1.807, 2.05) is 56.3 Å². The molecule has 2 amide bonds. The number of nitrogens with one attached hydrogen (secondary N) is 3. The summed E-state index contributed by atoms with van der Waals surface area (Å²) in [7, 11) is 0. The van der Waals surface area contributed by atoms with E-state index in [2.05, 4.69) is 16.0 Å². The number of carbonyl (C=O) groups excluding carboxylic acids is 2. The minimum atomic E-state index is -0.573. The lowest BCUT2D eigenvalue weighted by atomic mass is 10.1. The summed E-state index contributed by atoms with van der Waals surface area (Å²) in [6.45, 7) is 3.96. The van der Waals surface area contributed by atoms with Crippen molar-refractivity contribution in [3.8, 4) is 0 Å². The summed E-state index contributed by atoms with van der Waals surface area (Å²) < 4.78 is 0. The summed E-state index contributed by atoms with van der Waals surface area (Å²) in [5, 5.41) is 8.79. The molecule has 0 aliphatic carbocycles. The van der Waals surface area contributed by atoms with Crippen LogP contribution >= 0.6 is 0 Å². The summed E-state index contributed by atoms with van der Waals surface area (Å²) in [5.74, 6) is -0.388. The number of amides is 2. The van der Waals surface area contributed by atoms with E-state index in [0.717, 1.165) is 28.2 Å². The lowest BCUT2D eigenvalue weighted by Crippen LogP contribution is -2.41. The summed E-state index contributed by atoms with van der Waals surface area (Å²) in [6, 6.07) is 12.7. The third-order valence-electron chi connectivity index (χ3n) is 3.73. The van der Waals surface area contributed by atoms with Gasteiger partial charge in [-0.2, -0.15) is 0 Å². The monoisotopic (exact) mass is 309 g/mol. The second kappa shape index (κ2) is 6.12. The standard InChI is InChI=1S/C18H19N3O2/c1-11-7-12(2)9-13(8-11)19-17(22)10-16-18(23)21-15-6-4-3-5-14(15)20-16/h3-9,16,20H,10H2,1-2H3,(H,19,22)(H,21,23)/t16-/m1/s1. The van der Waals surface area contributed by atoms with E-state index in [0.29, 0.717) is 0 Å². The van der Waals surface area contributed by atoms with Gasteiger partial charge < -0.3 is 16.0 Å². The third-order valence-corrected chi connectivity index (χ3v) is 3.73. The fraction of sp³-hybridized carbons (Fsp3) is 0.222. The van der Waals surface area contributed by atoms with Gasteiger partial charge in [-0.1, -0.05) is 18.2 Å². The van der Waals surface area contributed by atoms with Crippen LogP contribution in [-0.4, -0.2) is 17.9 Å². The van der Waals surface area contributed by atoms with Crippen LogP contribution < -0.4 is 16.0 Å². The predicted molar refractivity (Wildman–Crippen MR) is 91.6 cm³/mol. The normalized spacial score (nSPS) is 16.1. The second-order valence-corrected chi connectivity index (χ2v) is 5.86. The number of benzene rings is 2. The van der Waals surface area contributed by atoms with E-state index in [1.54, 1.807) is 0 Å². The summed E-state index contributed by atoms with van der Waals surface area (Å²) in [4.78, 5) is 24.3. The molecule has 0 spiro atoms. The van der Waals surface area contributed by atoms with Crippen molar-refractivity contribution in [2.24, 2.45) is 0 Å². The van der Waals surface area contributed by atoms with Crippen molar-refractivity contribution in [3.05, 3.63) is 53.6 Å². The first kappa shape index (κ1) is 15.1. The number of aryl methyl sites for hydroxylation is 2. The third kappa shape index (κ3) is 3.51. The number of anilines is 3. The maximum Gasteiger partial charge on any atom is 0.247 e. The molecule has 5 nitrogen and oxygen atoms in total. The number of rotatable bonds is 3. The highest BCUT2D eigenvalue weighted by atomic mass is 16.2. The number of carbonyl (C=O) groups is 2. The molecule has 0 saturated heterocycles. The topological polar surface area (TPSA) is 70.2 Å². The molecule has 0 bridgehead atoms. The van der Waals surface area contributed by atoms with Gasteiger partial charge in [-0.15, -0.1) is 0 Å². The molecule has 5 heteroatoms. The maximum atomic E-state index is 12.2. The lowest BCUT2D eigenvalue weighted by molar-refractivity contribution is -0.122. The Kier molecular flexibility index (Phi) is 4.02. The molecule has 1 aliphatic rings. The van der Waals surface area contributed by atoms with Gasteiger partial charge in [0.1, 0.15) is 6.04 Å². The molecule has 1 atom stereocenters. The van der Waals surface area contributed by atoms with E-state index in [-0.39, 0.29) is 18.2 Å². The Morgan fingerprint density at radius 3 is 2.43 bits per heavy atom. The quantitative estimate of drug-likeness (QED) is 0.816. The van der Waals surface area contributed by atoms with Crippen LogP contribution in [0.4, 0.5) is 17.1 Å². The zero-order valence-corrected chi connectivity index (χ0v) is 13.1. The van der Waals surface area contributed by atoms with Gasteiger partial charge in [0.05, 0.1) is 17.8 Å². The van der Waals surface area contributed by atoms with Crippen LogP contribution in [0.25, 0.3) is 0 Å². The smallest absolute Gasteiger partial charge is 0.247 e. The van der Waals surface area contributed by atoms with Gasteiger partial charge in [-0.3, -0.25) is 9.59 Å². The molecule has 23 heavy (non-hydrogen) atoms. The number of para-hydroxylation sites is 2. The van der Waals surface area contributed by atoms with Crippen molar-refractivity contribution in [1.82, 2.24) is 0 Å². The van der Waals surface area contributed by atoms with Gasteiger partial charge in [0.2, 0.25) is 11.8 Å². The van der Waals surface area contributed by atoms with Crippen molar-refractivity contribution in [3.63, 3.8) is 0 Å². The van der Waals surface area contributed by atoms with Gasteiger partial charge in [0.15, 0.2) is 0 Å². The first-order chi connectivity index (χ1) is 11.0. The average Bonchev–Trinajstić information content (AvgIpc) is 2.46. The second-order valence-electron chi connectivity index (χ2n) is 5.86. The van der Waals surface area contributed by atoms with Gasteiger partial charge in [0, 0.05) is 5.69 Å².